The normalized spacial score (nSPS) is 16.9. The minimum Gasteiger partial charge on any atom is -0.497 e. The van der Waals surface area contributed by atoms with Crippen molar-refractivity contribution in [2.24, 2.45) is 0 Å². The Balaban J connectivity index is 1.99. The van der Waals surface area contributed by atoms with E-state index in [4.69, 9.17) is 9.47 Å². The minimum absolute atomic E-state index is 0.433. The fourth-order valence-electron chi connectivity index (χ4n) is 2.96. The van der Waals surface area contributed by atoms with Crippen LogP contribution in [0.2, 0.25) is 0 Å². The number of rotatable bonds is 3. The molecule has 0 bridgehead atoms. The number of ether oxygens (including phenoxy) is 2. The Morgan fingerprint density at radius 1 is 1.20 bits per heavy atom. The Hall–Kier alpha value is -2.53. The number of amides is 1. The summed E-state index contributed by atoms with van der Waals surface area (Å²) in [6.45, 7) is 5.61. The molecule has 2 aromatic carbocycles. The van der Waals surface area contributed by atoms with Gasteiger partial charge in [-0.2, -0.15) is 0 Å². The zero-order chi connectivity index (χ0) is 18.2. The Kier molecular flexibility index (Phi) is 4.43. The lowest BCUT2D eigenvalue weighted by atomic mass is 9.90. The van der Waals surface area contributed by atoms with E-state index in [0.717, 1.165) is 22.4 Å². The molecule has 25 heavy (non-hydrogen) atoms. The number of hydrogen-bond donors (Lipinski definition) is 2. The van der Waals surface area contributed by atoms with Gasteiger partial charge in [0, 0.05) is 16.7 Å². The maximum absolute atomic E-state index is 12.4. The number of fused-ring (bicyclic) bond motifs is 3. The molecule has 2 unspecified atom stereocenters. The van der Waals surface area contributed by atoms with Crippen molar-refractivity contribution in [1.29, 1.82) is 0 Å². The first kappa shape index (κ1) is 17.3. The first-order valence-corrected chi connectivity index (χ1v) is 8.24. The minimum atomic E-state index is -1.31. The van der Waals surface area contributed by atoms with Crippen LogP contribution >= 0.6 is 0 Å². The van der Waals surface area contributed by atoms with Gasteiger partial charge >= 0.3 is 0 Å². The van der Waals surface area contributed by atoms with Crippen molar-refractivity contribution in [2.75, 3.05) is 7.11 Å². The smallest absolute Gasteiger partial charge is 0.253 e. The van der Waals surface area contributed by atoms with Gasteiger partial charge in [-0.1, -0.05) is 24.3 Å². The summed E-state index contributed by atoms with van der Waals surface area (Å²) >= 11 is 0. The lowest BCUT2D eigenvalue weighted by molar-refractivity contribution is -0.136. The topological polar surface area (TPSA) is 67.8 Å². The van der Waals surface area contributed by atoms with Crippen molar-refractivity contribution in [2.45, 2.75) is 38.5 Å². The number of methoxy groups -OCH3 is 1. The Bertz CT molecular complexity index is 795. The molecule has 0 radical (unpaired) electrons. The molecule has 132 valence electrons. The van der Waals surface area contributed by atoms with Crippen LogP contribution in [0.5, 0.6) is 11.5 Å². The largest absolute Gasteiger partial charge is 0.497 e. The first-order chi connectivity index (χ1) is 11.8. The molecule has 0 fully saturated rings. The van der Waals surface area contributed by atoms with Crippen LogP contribution in [0.4, 0.5) is 0 Å². The second-order valence-electron chi connectivity index (χ2n) is 7.17. The Morgan fingerprint density at radius 2 is 1.92 bits per heavy atom. The van der Waals surface area contributed by atoms with Gasteiger partial charge in [-0.3, -0.25) is 4.79 Å². The van der Waals surface area contributed by atoms with Crippen molar-refractivity contribution in [3.8, 4) is 22.6 Å². The monoisotopic (exact) mass is 341 g/mol. The molecule has 2 aromatic rings. The van der Waals surface area contributed by atoms with E-state index in [1.54, 1.807) is 19.2 Å². The summed E-state index contributed by atoms with van der Waals surface area (Å²) < 4.78 is 11.3. The van der Waals surface area contributed by atoms with Gasteiger partial charge in [0.25, 0.3) is 5.91 Å². The molecular formula is C20H23NO4. The maximum atomic E-state index is 12.4. The zero-order valence-electron chi connectivity index (χ0n) is 14.9. The molecule has 2 atom stereocenters. The van der Waals surface area contributed by atoms with Crippen LogP contribution in [-0.4, -0.2) is 29.8 Å². The van der Waals surface area contributed by atoms with Crippen molar-refractivity contribution in [3.63, 3.8) is 0 Å². The summed E-state index contributed by atoms with van der Waals surface area (Å²) in [5, 5.41) is 13.4. The van der Waals surface area contributed by atoms with Gasteiger partial charge in [0.05, 0.1) is 7.11 Å². The second kappa shape index (κ2) is 6.41. The predicted octanol–water partition coefficient (Wildman–Crippen LogP) is 3.07. The predicted molar refractivity (Wildman–Crippen MR) is 95.7 cm³/mol. The molecule has 0 saturated carbocycles. The Labute approximate surface area is 147 Å². The SMILES string of the molecule is COc1ccc2c(c1)-c1ccccc1C(C(O)C(=O)NC(C)(C)C)O2. The van der Waals surface area contributed by atoms with E-state index in [1.807, 2.05) is 51.1 Å². The average molecular weight is 341 g/mol. The molecule has 0 aliphatic carbocycles. The number of hydrogen-bond acceptors (Lipinski definition) is 4. The van der Waals surface area contributed by atoms with Gasteiger partial charge < -0.3 is 19.9 Å². The van der Waals surface area contributed by atoms with Crippen molar-refractivity contribution >= 4 is 5.91 Å². The molecule has 3 rings (SSSR count). The third-order valence-corrected chi connectivity index (χ3v) is 4.05. The highest BCUT2D eigenvalue weighted by atomic mass is 16.5. The quantitative estimate of drug-likeness (QED) is 0.900. The van der Waals surface area contributed by atoms with Crippen LogP contribution in [0.15, 0.2) is 42.5 Å². The highest BCUT2D eigenvalue weighted by Crippen LogP contribution is 2.44. The fourth-order valence-corrected chi connectivity index (χ4v) is 2.96. The highest BCUT2D eigenvalue weighted by Gasteiger charge is 2.36. The maximum Gasteiger partial charge on any atom is 0.253 e. The third-order valence-electron chi connectivity index (χ3n) is 4.05. The van der Waals surface area contributed by atoms with E-state index in [2.05, 4.69) is 5.32 Å². The molecule has 1 heterocycles. The van der Waals surface area contributed by atoms with Gasteiger partial charge in [0.15, 0.2) is 12.2 Å². The highest BCUT2D eigenvalue weighted by molar-refractivity contribution is 5.84. The van der Waals surface area contributed by atoms with Gasteiger partial charge in [-0.05, 0) is 44.5 Å². The molecule has 0 aromatic heterocycles. The van der Waals surface area contributed by atoms with Crippen molar-refractivity contribution in [1.82, 2.24) is 5.32 Å². The second-order valence-corrected chi connectivity index (χ2v) is 7.17. The number of carbonyl (C=O) groups excluding carboxylic acids is 1. The van der Waals surface area contributed by atoms with Crippen molar-refractivity contribution < 1.29 is 19.4 Å². The molecule has 0 spiro atoms. The van der Waals surface area contributed by atoms with Gasteiger partial charge in [0.1, 0.15) is 11.5 Å². The molecule has 0 saturated heterocycles. The van der Waals surface area contributed by atoms with Crippen LogP contribution in [0.3, 0.4) is 0 Å². The number of aliphatic hydroxyl groups is 1. The molecule has 1 aliphatic heterocycles. The van der Waals surface area contributed by atoms with Crippen LogP contribution in [0, 0.1) is 0 Å². The molecule has 1 aliphatic rings. The number of nitrogens with one attached hydrogen (secondary N) is 1. The number of aliphatic hydroxyl groups excluding tert-OH is 1. The number of carbonyl (C=O) groups is 1. The van der Waals surface area contributed by atoms with E-state index in [0.29, 0.717) is 5.75 Å². The molecule has 5 heteroatoms. The van der Waals surface area contributed by atoms with Crippen LogP contribution in [0.1, 0.15) is 32.4 Å². The summed E-state index contributed by atoms with van der Waals surface area (Å²) in [4.78, 5) is 12.4. The lowest BCUT2D eigenvalue weighted by Gasteiger charge is -2.32. The standard InChI is InChI=1S/C20H23NO4/c1-20(2,3)21-19(23)17(22)18-14-8-6-5-7-13(14)15-11-12(24-4)9-10-16(15)25-18/h5-11,17-18,22H,1-4H3,(H,21,23). The lowest BCUT2D eigenvalue weighted by Crippen LogP contribution is -2.48. The first-order valence-electron chi connectivity index (χ1n) is 8.24. The molecule has 5 nitrogen and oxygen atoms in total. The van der Waals surface area contributed by atoms with Crippen LogP contribution < -0.4 is 14.8 Å². The van der Waals surface area contributed by atoms with E-state index in [9.17, 15) is 9.90 Å². The average Bonchev–Trinajstić information content (AvgIpc) is 2.58. The molecular weight excluding hydrogens is 318 g/mol. The van der Waals surface area contributed by atoms with Gasteiger partial charge in [0.2, 0.25) is 0 Å². The summed E-state index contributed by atoms with van der Waals surface area (Å²) in [7, 11) is 1.61. The third kappa shape index (κ3) is 3.46. The summed E-state index contributed by atoms with van der Waals surface area (Å²) in [6, 6.07) is 13.1. The van der Waals surface area contributed by atoms with E-state index >= 15 is 0 Å². The fraction of sp³-hybridized carbons (Fsp3) is 0.350. The van der Waals surface area contributed by atoms with Crippen molar-refractivity contribution in [3.05, 3.63) is 48.0 Å². The van der Waals surface area contributed by atoms with Crippen LogP contribution in [-0.2, 0) is 4.79 Å². The van der Waals surface area contributed by atoms with Gasteiger partial charge in [-0.25, -0.2) is 0 Å². The zero-order valence-corrected chi connectivity index (χ0v) is 14.9. The van der Waals surface area contributed by atoms with E-state index in [1.165, 1.54) is 0 Å². The van der Waals surface area contributed by atoms with E-state index in [-0.39, 0.29) is 0 Å². The number of benzene rings is 2. The summed E-state index contributed by atoms with van der Waals surface area (Å²) in [5.41, 5.74) is 2.15. The van der Waals surface area contributed by atoms with Crippen LogP contribution in [0.25, 0.3) is 11.1 Å². The molecule has 2 N–H and O–H groups in total. The van der Waals surface area contributed by atoms with E-state index < -0.39 is 23.7 Å². The van der Waals surface area contributed by atoms with Gasteiger partial charge in [-0.15, -0.1) is 0 Å². The Morgan fingerprint density at radius 3 is 2.60 bits per heavy atom. The summed E-state index contributed by atoms with van der Waals surface area (Å²) in [6.07, 6.45) is -2.07. The molecule has 1 amide bonds. The summed E-state index contributed by atoms with van der Waals surface area (Å²) in [5.74, 6) is 0.887.